The molecule has 0 atom stereocenters. The van der Waals surface area contributed by atoms with Crippen molar-refractivity contribution < 1.29 is 17.9 Å². The largest absolute Gasteiger partial charge is 0.492 e. The predicted octanol–water partition coefficient (Wildman–Crippen LogP) is 2.93. The van der Waals surface area contributed by atoms with Crippen molar-refractivity contribution in [3.8, 4) is 5.75 Å². The molecule has 0 aromatic heterocycles. The standard InChI is InChI=1S/C18H22ClN3O4S/c1-22(9-10-26-17-8-4-6-15(19)12-17)18(23)20-13-14-5-3-7-16(11-14)21-27(2,24)25/h3-8,11-12,21H,9-10,13H2,1-2H3,(H,20,23). The van der Waals surface area contributed by atoms with Gasteiger partial charge in [0.05, 0.1) is 12.8 Å². The summed E-state index contributed by atoms with van der Waals surface area (Å²) in [4.78, 5) is 13.7. The lowest BCUT2D eigenvalue weighted by Crippen LogP contribution is -2.39. The molecular formula is C18H22ClN3O4S. The second-order valence-electron chi connectivity index (χ2n) is 5.96. The molecule has 0 fully saturated rings. The summed E-state index contributed by atoms with van der Waals surface area (Å²) in [6, 6.07) is 13.6. The number of urea groups is 1. The number of hydrogen-bond acceptors (Lipinski definition) is 4. The third-order valence-corrected chi connectivity index (χ3v) is 4.35. The summed E-state index contributed by atoms with van der Waals surface area (Å²) >= 11 is 5.89. The first-order chi connectivity index (χ1) is 12.7. The van der Waals surface area contributed by atoms with E-state index in [1.807, 2.05) is 0 Å². The number of benzene rings is 2. The molecule has 0 aliphatic carbocycles. The highest BCUT2D eigenvalue weighted by Crippen LogP contribution is 2.17. The number of nitrogens with zero attached hydrogens (tertiary/aromatic N) is 1. The number of likely N-dealkylation sites (N-methyl/N-ethyl adjacent to an activating group) is 1. The van der Waals surface area contributed by atoms with E-state index in [-0.39, 0.29) is 12.6 Å². The Morgan fingerprint density at radius 3 is 2.63 bits per heavy atom. The second-order valence-corrected chi connectivity index (χ2v) is 8.15. The minimum absolute atomic E-state index is 0.258. The molecule has 0 aliphatic rings. The Kier molecular flexibility index (Phi) is 7.32. The molecule has 2 rings (SSSR count). The van der Waals surface area contributed by atoms with Gasteiger partial charge in [-0.05, 0) is 35.9 Å². The molecule has 0 heterocycles. The fraction of sp³-hybridized carbons (Fsp3) is 0.278. The van der Waals surface area contributed by atoms with Crippen LogP contribution in [0.3, 0.4) is 0 Å². The van der Waals surface area contributed by atoms with Gasteiger partial charge in [-0.25, -0.2) is 13.2 Å². The van der Waals surface area contributed by atoms with E-state index in [4.69, 9.17) is 16.3 Å². The average Bonchev–Trinajstić information content (AvgIpc) is 2.58. The first-order valence-electron chi connectivity index (χ1n) is 8.17. The maximum Gasteiger partial charge on any atom is 0.317 e. The molecule has 0 saturated heterocycles. The highest BCUT2D eigenvalue weighted by atomic mass is 35.5. The van der Waals surface area contributed by atoms with Crippen LogP contribution in [0.1, 0.15) is 5.56 Å². The van der Waals surface area contributed by atoms with Gasteiger partial charge < -0.3 is 15.0 Å². The third kappa shape index (κ3) is 7.76. The highest BCUT2D eigenvalue weighted by Gasteiger charge is 2.09. The van der Waals surface area contributed by atoms with Gasteiger partial charge in [0.15, 0.2) is 0 Å². The van der Waals surface area contributed by atoms with Crippen LogP contribution in [-0.2, 0) is 16.6 Å². The number of carbonyl (C=O) groups excluding carboxylic acids is 1. The van der Waals surface area contributed by atoms with Crippen LogP contribution >= 0.6 is 11.6 Å². The smallest absolute Gasteiger partial charge is 0.317 e. The molecule has 0 radical (unpaired) electrons. The molecule has 2 aromatic rings. The van der Waals surface area contributed by atoms with E-state index in [1.165, 1.54) is 4.90 Å². The van der Waals surface area contributed by atoms with Crippen molar-refractivity contribution in [2.45, 2.75) is 6.54 Å². The Morgan fingerprint density at radius 1 is 1.19 bits per heavy atom. The fourth-order valence-corrected chi connectivity index (χ4v) is 2.97. The first kappa shape index (κ1) is 20.9. The quantitative estimate of drug-likeness (QED) is 0.699. The van der Waals surface area contributed by atoms with E-state index >= 15 is 0 Å². The van der Waals surface area contributed by atoms with Gasteiger partial charge in [-0.3, -0.25) is 4.72 Å². The van der Waals surface area contributed by atoms with Crippen LogP contribution in [0.2, 0.25) is 5.02 Å². The van der Waals surface area contributed by atoms with E-state index in [9.17, 15) is 13.2 Å². The summed E-state index contributed by atoms with van der Waals surface area (Å²) in [5.74, 6) is 0.645. The number of carbonyl (C=O) groups is 1. The second kappa shape index (κ2) is 9.48. The summed E-state index contributed by atoms with van der Waals surface area (Å²) in [6.07, 6.45) is 1.09. The summed E-state index contributed by atoms with van der Waals surface area (Å²) in [7, 11) is -1.68. The summed E-state index contributed by atoms with van der Waals surface area (Å²) < 4.78 is 30.5. The van der Waals surface area contributed by atoms with Gasteiger partial charge in [0.2, 0.25) is 10.0 Å². The van der Waals surface area contributed by atoms with Gasteiger partial charge in [0.1, 0.15) is 12.4 Å². The summed E-state index contributed by atoms with van der Waals surface area (Å²) in [5, 5.41) is 3.37. The molecule has 0 spiro atoms. The highest BCUT2D eigenvalue weighted by molar-refractivity contribution is 7.92. The molecule has 7 nitrogen and oxygen atoms in total. The zero-order chi connectivity index (χ0) is 19.9. The van der Waals surface area contributed by atoms with Crippen molar-refractivity contribution in [2.75, 3.05) is 31.2 Å². The van der Waals surface area contributed by atoms with Gasteiger partial charge in [-0.15, -0.1) is 0 Å². The Hall–Kier alpha value is -2.45. The van der Waals surface area contributed by atoms with Crippen molar-refractivity contribution in [3.63, 3.8) is 0 Å². The van der Waals surface area contributed by atoms with Crippen molar-refractivity contribution in [3.05, 3.63) is 59.1 Å². The number of nitrogens with one attached hydrogen (secondary N) is 2. The minimum Gasteiger partial charge on any atom is -0.492 e. The van der Waals surface area contributed by atoms with Crippen LogP contribution in [0.5, 0.6) is 5.75 Å². The normalized spacial score (nSPS) is 10.9. The molecular weight excluding hydrogens is 390 g/mol. The monoisotopic (exact) mass is 411 g/mol. The van der Waals surface area contributed by atoms with E-state index in [0.29, 0.717) is 29.6 Å². The zero-order valence-corrected chi connectivity index (χ0v) is 16.7. The molecule has 2 N–H and O–H groups in total. The number of anilines is 1. The molecule has 0 saturated carbocycles. The van der Waals surface area contributed by atoms with E-state index in [0.717, 1.165) is 11.8 Å². The van der Waals surface area contributed by atoms with Crippen molar-refractivity contribution in [1.29, 1.82) is 0 Å². The van der Waals surface area contributed by atoms with Crippen LogP contribution < -0.4 is 14.8 Å². The number of ether oxygens (including phenoxy) is 1. The third-order valence-electron chi connectivity index (χ3n) is 3.51. The Labute approximate surface area is 164 Å². The number of amides is 2. The Balaban J connectivity index is 1.78. The van der Waals surface area contributed by atoms with Crippen molar-refractivity contribution in [2.24, 2.45) is 0 Å². The van der Waals surface area contributed by atoms with Gasteiger partial charge in [-0.1, -0.05) is 29.8 Å². The first-order valence-corrected chi connectivity index (χ1v) is 10.4. The van der Waals surface area contributed by atoms with Crippen LogP contribution in [-0.4, -0.2) is 45.8 Å². The van der Waals surface area contributed by atoms with E-state index < -0.39 is 10.0 Å². The molecule has 146 valence electrons. The Morgan fingerprint density at radius 2 is 1.93 bits per heavy atom. The SMILES string of the molecule is CN(CCOc1cccc(Cl)c1)C(=O)NCc1cccc(NS(C)(=O)=O)c1. The van der Waals surface area contributed by atoms with E-state index in [2.05, 4.69) is 10.0 Å². The number of hydrogen-bond donors (Lipinski definition) is 2. The number of rotatable bonds is 8. The van der Waals surface area contributed by atoms with E-state index in [1.54, 1.807) is 55.6 Å². The zero-order valence-electron chi connectivity index (χ0n) is 15.1. The summed E-state index contributed by atoms with van der Waals surface area (Å²) in [5.41, 5.74) is 1.23. The molecule has 0 aliphatic heterocycles. The Bertz CT molecular complexity index is 890. The molecule has 9 heteroatoms. The van der Waals surface area contributed by atoms with Gasteiger partial charge in [0.25, 0.3) is 0 Å². The molecule has 27 heavy (non-hydrogen) atoms. The fourth-order valence-electron chi connectivity index (χ4n) is 2.23. The predicted molar refractivity (Wildman–Crippen MR) is 107 cm³/mol. The average molecular weight is 412 g/mol. The lowest BCUT2D eigenvalue weighted by molar-refractivity contribution is 0.195. The number of sulfonamides is 1. The lowest BCUT2D eigenvalue weighted by atomic mass is 10.2. The van der Waals surface area contributed by atoms with Crippen molar-refractivity contribution >= 4 is 33.3 Å². The minimum atomic E-state index is -3.34. The lowest BCUT2D eigenvalue weighted by Gasteiger charge is -2.18. The van der Waals surface area contributed by atoms with Crippen LogP contribution in [0.4, 0.5) is 10.5 Å². The van der Waals surface area contributed by atoms with Gasteiger partial charge >= 0.3 is 6.03 Å². The maximum atomic E-state index is 12.2. The number of halogens is 1. The molecule has 2 aromatic carbocycles. The van der Waals surface area contributed by atoms with Gasteiger partial charge in [0, 0.05) is 24.3 Å². The molecule has 0 bridgehead atoms. The molecule has 0 unspecified atom stereocenters. The van der Waals surface area contributed by atoms with Gasteiger partial charge in [-0.2, -0.15) is 0 Å². The maximum absolute atomic E-state index is 12.2. The van der Waals surface area contributed by atoms with Crippen molar-refractivity contribution in [1.82, 2.24) is 10.2 Å². The topological polar surface area (TPSA) is 87.7 Å². The molecule has 2 amide bonds. The van der Waals surface area contributed by atoms with Crippen LogP contribution in [0, 0.1) is 0 Å². The van der Waals surface area contributed by atoms with Crippen LogP contribution in [0.25, 0.3) is 0 Å². The van der Waals surface area contributed by atoms with Crippen LogP contribution in [0.15, 0.2) is 48.5 Å². The summed E-state index contributed by atoms with van der Waals surface area (Å²) in [6.45, 7) is 1.00.